The third kappa shape index (κ3) is 4.65. The summed E-state index contributed by atoms with van der Waals surface area (Å²) in [6, 6.07) is 16.7. The molecule has 3 aromatic rings. The summed E-state index contributed by atoms with van der Waals surface area (Å²) in [7, 11) is -3.64. The fourth-order valence-corrected chi connectivity index (χ4v) is 3.78. The van der Waals surface area contributed by atoms with Crippen LogP contribution in [0.2, 0.25) is 0 Å². The highest BCUT2D eigenvalue weighted by molar-refractivity contribution is 7.92. The molecule has 2 aromatic carbocycles. The summed E-state index contributed by atoms with van der Waals surface area (Å²) >= 11 is 0. The fraction of sp³-hybridized carbons (Fsp3) is 0.190. The van der Waals surface area contributed by atoms with E-state index < -0.39 is 10.0 Å². The van der Waals surface area contributed by atoms with Gasteiger partial charge in [-0.1, -0.05) is 30.3 Å². The molecule has 2 N–H and O–H groups in total. The molecule has 1 aromatic heterocycles. The first-order chi connectivity index (χ1) is 12.8. The molecule has 0 saturated heterocycles. The summed E-state index contributed by atoms with van der Waals surface area (Å²) in [6.07, 6.45) is 1.51. The van der Waals surface area contributed by atoms with Crippen molar-refractivity contribution in [1.82, 2.24) is 4.98 Å². The molecule has 3 rings (SSSR count). The third-order valence-electron chi connectivity index (χ3n) is 4.53. The Morgan fingerprint density at radius 1 is 0.889 bits per heavy atom. The number of aryl methyl sites for hydroxylation is 3. The maximum Gasteiger partial charge on any atom is 0.261 e. The van der Waals surface area contributed by atoms with Crippen molar-refractivity contribution >= 4 is 21.5 Å². The number of benzene rings is 2. The van der Waals surface area contributed by atoms with Crippen LogP contribution in [0.25, 0.3) is 0 Å². The number of rotatable bonds is 6. The van der Waals surface area contributed by atoms with E-state index in [1.807, 2.05) is 26.0 Å². The number of nitrogens with zero attached hydrogens (tertiary/aromatic N) is 1. The Labute approximate surface area is 160 Å². The van der Waals surface area contributed by atoms with Crippen LogP contribution in [0, 0.1) is 20.8 Å². The van der Waals surface area contributed by atoms with Gasteiger partial charge in [0.05, 0.1) is 16.8 Å². The normalized spacial score (nSPS) is 11.2. The molecule has 0 spiro atoms. The molecule has 0 radical (unpaired) electrons. The van der Waals surface area contributed by atoms with Gasteiger partial charge in [-0.3, -0.25) is 4.72 Å². The number of hydrogen-bond donors (Lipinski definition) is 2. The zero-order valence-electron chi connectivity index (χ0n) is 15.7. The smallest absolute Gasteiger partial charge is 0.261 e. The van der Waals surface area contributed by atoms with E-state index in [4.69, 9.17) is 0 Å². The lowest BCUT2D eigenvalue weighted by Crippen LogP contribution is -2.13. The van der Waals surface area contributed by atoms with Crippen molar-refractivity contribution in [3.8, 4) is 0 Å². The summed E-state index contributed by atoms with van der Waals surface area (Å²) in [5, 5.41) is 3.25. The molecule has 27 heavy (non-hydrogen) atoms. The molecule has 0 saturated carbocycles. The second-order valence-corrected chi connectivity index (χ2v) is 8.25. The van der Waals surface area contributed by atoms with Gasteiger partial charge >= 0.3 is 0 Å². The number of pyridine rings is 1. The molecule has 0 aliphatic carbocycles. The summed E-state index contributed by atoms with van der Waals surface area (Å²) in [5.74, 6) is 0.687. The number of aromatic nitrogens is 1. The van der Waals surface area contributed by atoms with Crippen molar-refractivity contribution in [2.24, 2.45) is 0 Å². The molecule has 0 fully saturated rings. The van der Waals surface area contributed by atoms with Crippen molar-refractivity contribution < 1.29 is 8.42 Å². The van der Waals surface area contributed by atoms with Crippen molar-refractivity contribution in [2.75, 3.05) is 10.0 Å². The van der Waals surface area contributed by atoms with Crippen LogP contribution in [0.15, 0.2) is 65.7 Å². The van der Waals surface area contributed by atoms with Gasteiger partial charge < -0.3 is 5.32 Å². The lowest BCUT2D eigenvalue weighted by molar-refractivity contribution is 0.601. The SMILES string of the molecule is Cc1ccc(S(=O)(=O)Nc2ccc(NCc3ccccc3C)nc2)cc1C. The van der Waals surface area contributed by atoms with Crippen molar-refractivity contribution in [2.45, 2.75) is 32.2 Å². The molecule has 0 aliphatic heterocycles. The van der Waals surface area contributed by atoms with Gasteiger partial charge in [-0.25, -0.2) is 13.4 Å². The van der Waals surface area contributed by atoms with Gasteiger partial charge in [0.15, 0.2) is 0 Å². The average molecular weight is 382 g/mol. The van der Waals surface area contributed by atoms with Crippen LogP contribution in [0.5, 0.6) is 0 Å². The minimum atomic E-state index is -3.64. The molecule has 0 amide bonds. The summed E-state index contributed by atoms with van der Waals surface area (Å²) in [5.41, 5.74) is 4.82. The third-order valence-corrected chi connectivity index (χ3v) is 5.90. The van der Waals surface area contributed by atoms with Crippen molar-refractivity contribution in [1.29, 1.82) is 0 Å². The van der Waals surface area contributed by atoms with E-state index in [1.165, 1.54) is 17.3 Å². The van der Waals surface area contributed by atoms with Gasteiger partial charge in [0.25, 0.3) is 10.0 Å². The first-order valence-corrected chi connectivity index (χ1v) is 10.2. The lowest BCUT2D eigenvalue weighted by Gasteiger charge is -2.11. The average Bonchev–Trinajstić information content (AvgIpc) is 2.64. The first-order valence-electron chi connectivity index (χ1n) is 8.70. The van der Waals surface area contributed by atoms with E-state index >= 15 is 0 Å². The molecular formula is C21H23N3O2S. The Morgan fingerprint density at radius 3 is 2.33 bits per heavy atom. The Hall–Kier alpha value is -2.86. The second kappa shape index (κ2) is 7.80. The Kier molecular flexibility index (Phi) is 5.46. The van der Waals surface area contributed by atoms with Crippen LogP contribution < -0.4 is 10.0 Å². The second-order valence-electron chi connectivity index (χ2n) is 6.56. The van der Waals surface area contributed by atoms with Crippen LogP contribution in [0.1, 0.15) is 22.3 Å². The summed E-state index contributed by atoms with van der Waals surface area (Å²) in [6.45, 7) is 6.57. The minimum absolute atomic E-state index is 0.243. The maximum absolute atomic E-state index is 12.5. The van der Waals surface area contributed by atoms with E-state index in [-0.39, 0.29) is 4.90 Å². The van der Waals surface area contributed by atoms with E-state index in [2.05, 4.69) is 34.1 Å². The van der Waals surface area contributed by atoms with Crippen LogP contribution in [0.4, 0.5) is 11.5 Å². The number of hydrogen-bond acceptors (Lipinski definition) is 4. The minimum Gasteiger partial charge on any atom is -0.366 e. The predicted octanol–water partition coefficient (Wildman–Crippen LogP) is 4.42. The predicted molar refractivity (Wildman–Crippen MR) is 109 cm³/mol. The molecule has 0 atom stereocenters. The van der Waals surface area contributed by atoms with Crippen LogP contribution in [-0.4, -0.2) is 13.4 Å². The molecule has 5 nitrogen and oxygen atoms in total. The van der Waals surface area contributed by atoms with Crippen LogP contribution >= 0.6 is 0 Å². The quantitative estimate of drug-likeness (QED) is 0.663. The highest BCUT2D eigenvalue weighted by Gasteiger charge is 2.15. The maximum atomic E-state index is 12.5. The van der Waals surface area contributed by atoms with Gasteiger partial charge in [-0.05, 0) is 67.3 Å². The van der Waals surface area contributed by atoms with E-state index in [0.29, 0.717) is 18.1 Å². The Balaban J connectivity index is 1.68. The van der Waals surface area contributed by atoms with Gasteiger partial charge in [0, 0.05) is 6.54 Å². The Morgan fingerprint density at radius 2 is 1.67 bits per heavy atom. The standard InChI is InChI=1S/C21H23N3O2S/c1-15-8-10-20(12-17(15)3)27(25,26)24-19-9-11-21(23-14-19)22-13-18-7-5-4-6-16(18)2/h4-12,14,24H,13H2,1-3H3,(H,22,23). The largest absolute Gasteiger partial charge is 0.366 e. The van der Waals surface area contributed by atoms with Crippen LogP contribution in [-0.2, 0) is 16.6 Å². The van der Waals surface area contributed by atoms with E-state index in [0.717, 1.165) is 11.1 Å². The highest BCUT2D eigenvalue weighted by Crippen LogP contribution is 2.19. The molecule has 140 valence electrons. The van der Waals surface area contributed by atoms with Crippen molar-refractivity contribution in [3.63, 3.8) is 0 Å². The van der Waals surface area contributed by atoms with E-state index in [9.17, 15) is 8.42 Å². The highest BCUT2D eigenvalue weighted by atomic mass is 32.2. The zero-order chi connectivity index (χ0) is 19.4. The van der Waals surface area contributed by atoms with Gasteiger partial charge in [-0.15, -0.1) is 0 Å². The number of nitrogens with one attached hydrogen (secondary N) is 2. The molecule has 0 aliphatic rings. The molecule has 0 unspecified atom stereocenters. The zero-order valence-corrected chi connectivity index (χ0v) is 16.5. The molecule has 1 heterocycles. The molecular weight excluding hydrogens is 358 g/mol. The van der Waals surface area contributed by atoms with Gasteiger partial charge in [0.2, 0.25) is 0 Å². The molecule has 0 bridgehead atoms. The fourth-order valence-electron chi connectivity index (χ4n) is 2.65. The van der Waals surface area contributed by atoms with Crippen LogP contribution in [0.3, 0.4) is 0 Å². The number of anilines is 2. The van der Waals surface area contributed by atoms with Gasteiger partial charge in [0.1, 0.15) is 5.82 Å². The lowest BCUT2D eigenvalue weighted by atomic mass is 10.1. The van der Waals surface area contributed by atoms with Crippen molar-refractivity contribution in [3.05, 3.63) is 83.0 Å². The van der Waals surface area contributed by atoms with E-state index in [1.54, 1.807) is 30.3 Å². The monoisotopic (exact) mass is 381 g/mol. The Bertz CT molecular complexity index is 1050. The van der Waals surface area contributed by atoms with Gasteiger partial charge in [-0.2, -0.15) is 0 Å². The summed E-state index contributed by atoms with van der Waals surface area (Å²) < 4.78 is 27.7. The topological polar surface area (TPSA) is 71.1 Å². The first kappa shape index (κ1) is 18.9. The number of sulfonamides is 1. The summed E-state index contributed by atoms with van der Waals surface area (Å²) in [4.78, 5) is 4.54. The molecule has 6 heteroatoms.